The van der Waals surface area contributed by atoms with Gasteiger partial charge in [0.1, 0.15) is 0 Å². The minimum absolute atomic E-state index is 0.0391. The lowest BCUT2D eigenvalue weighted by atomic mass is 9.99. The molecule has 1 aliphatic heterocycles. The first-order valence-electron chi connectivity index (χ1n) is 4.96. The van der Waals surface area contributed by atoms with Crippen molar-refractivity contribution in [3.05, 3.63) is 0 Å². The summed E-state index contributed by atoms with van der Waals surface area (Å²) in [6.07, 6.45) is 0.520. The molecule has 2 amide bonds. The maximum atomic E-state index is 11.2. The maximum Gasteiger partial charge on any atom is 0.239 e. The number of likely N-dealkylation sites (N-methyl/N-ethyl adjacent to an activating group) is 1. The molecule has 0 radical (unpaired) electrons. The van der Waals surface area contributed by atoms with Crippen LogP contribution in [0.4, 0.5) is 0 Å². The summed E-state index contributed by atoms with van der Waals surface area (Å²) in [5, 5.41) is 8.30. The second kappa shape index (κ2) is 5.59. The molecule has 0 aromatic heterocycles. The molecule has 1 fully saturated rings. The lowest BCUT2D eigenvalue weighted by Crippen LogP contribution is -2.45. The highest BCUT2D eigenvalue weighted by atomic mass is 16.2. The zero-order valence-electron chi connectivity index (χ0n) is 8.43. The third-order valence-electron chi connectivity index (χ3n) is 2.16. The van der Waals surface area contributed by atoms with Crippen molar-refractivity contribution in [1.82, 2.24) is 16.0 Å². The van der Waals surface area contributed by atoms with Gasteiger partial charge in [-0.2, -0.15) is 0 Å². The Morgan fingerprint density at radius 3 is 2.50 bits per heavy atom. The van der Waals surface area contributed by atoms with Crippen LogP contribution in [0, 0.1) is 5.92 Å². The van der Waals surface area contributed by atoms with Crippen LogP contribution in [0.3, 0.4) is 0 Å². The first kappa shape index (κ1) is 11.0. The van der Waals surface area contributed by atoms with E-state index < -0.39 is 0 Å². The number of rotatable bonds is 5. The summed E-state index contributed by atoms with van der Waals surface area (Å²) in [6, 6.07) is 0. The molecule has 0 bridgehead atoms. The van der Waals surface area contributed by atoms with Crippen molar-refractivity contribution < 1.29 is 9.59 Å². The van der Waals surface area contributed by atoms with E-state index in [-0.39, 0.29) is 18.4 Å². The van der Waals surface area contributed by atoms with E-state index in [1.807, 2.05) is 6.92 Å². The summed E-state index contributed by atoms with van der Waals surface area (Å²) in [4.78, 5) is 22.2. The highest BCUT2D eigenvalue weighted by Crippen LogP contribution is 2.06. The van der Waals surface area contributed by atoms with Gasteiger partial charge in [0.15, 0.2) is 0 Å². The molecule has 0 atom stereocenters. The molecule has 0 aliphatic carbocycles. The third kappa shape index (κ3) is 3.74. The van der Waals surface area contributed by atoms with Crippen molar-refractivity contribution >= 4 is 11.8 Å². The average molecular weight is 199 g/mol. The molecule has 0 saturated carbocycles. The van der Waals surface area contributed by atoms with Gasteiger partial charge in [-0.3, -0.25) is 9.59 Å². The largest absolute Gasteiger partial charge is 0.355 e. The summed E-state index contributed by atoms with van der Waals surface area (Å²) < 4.78 is 0. The van der Waals surface area contributed by atoms with Crippen molar-refractivity contribution in [3.63, 3.8) is 0 Å². The molecule has 0 unspecified atom stereocenters. The van der Waals surface area contributed by atoms with E-state index in [2.05, 4.69) is 16.0 Å². The fourth-order valence-corrected chi connectivity index (χ4v) is 1.27. The van der Waals surface area contributed by atoms with Gasteiger partial charge in [0, 0.05) is 13.0 Å². The molecule has 1 saturated heterocycles. The number of carbonyl (C=O) groups is 2. The van der Waals surface area contributed by atoms with Crippen molar-refractivity contribution in [3.8, 4) is 0 Å². The van der Waals surface area contributed by atoms with Crippen LogP contribution in [0.2, 0.25) is 0 Å². The van der Waals surface area contributed by atoms with Crippen LogP contribution in [0.5, 0.6) is 0 Å². The van der Waals surface area contributed by atoms with Crippen LogP contribution in [-0.2, 0) is 9.59 Å². The summed E-state index contributed by atoms with van der Waals surface area (Å²) in [7, 11) is 0. The summed E-state index contributed by atoms with van der Waals surface area (Å²) in [5.41, 5.74) is 0. The first-order valence-corrected chi connectivity index (χ1v) is 4.96. The number of amides is 2. The highest BCUT2D eigenvalue weighted by molar-refractivity contribution is 5.84. The number of carbonyl (C=O) groups excluding carboxylic acids is 2. The second-order valence-corrected chi connectivity index (χ2v) is 3.46. The van der Waals surface area contributed by atoms with Gasteiger partial charge in [0.05, 0.1) is 6.54 Å². The Labute approximate surface area is 83.6 Å². The molecule has 0 aromatic carbocycles. The molecule has 80 valence electrons. The van der Waals surface area contributed by atoms with E-state index in [0.717, 1.165) is 13.1 Å². The smallest absolute Gasteiger partial charge is 0.239 e. The summed E-state index contributed by atoms with van der Waals surface area (Å²) >= 11 is 0. The Hall–Kier alpha value is -1.10. The Bertz CT molecular complexity index is 214. The Morgan fingerprint density at radius 2 is 2.00 bits per heavy atom. The Morgan fingerprint density at radius 1 is 1.29 bits per heavy atom. The lowest BCUT2D eigenvalue weighted by molar-refractivity contribution is -0.126. The fourth-order valence-electron chi connectivity index (χ4n) is 1.27. The molecule has 0 spiro atoms. The van der Waals surface area contributed by atoms with Crippen molar-refractivity contribution in [1.29, 1.82) is 0 Å². The second-order valence-electron chi connectivity index (χ2n) is 3.46. The predicted octanol–water partition coefficient (Wildman–Crippen LogP) is -1.15. The van der Waals surface area contributed by atoms with Crippen LogP contribution in [-0.4, -0.2) is 38.0 Å². The van der Waals surface area contributed by atoms with Crippen LogP contribution in [0.15, 0.2) is 0 Å². The lowest BCUT2D eigenvalue weighted by Gasteiger charge is -2.26. The number of nitrogens with one attached hydrogen (secondary N) is 3. The summed E-state index contributed by atoms with van der Waals surface area (Å²) in [6.45, 7) is 4.36. The Balaban J connectivity index is 2.04. The fraction of sp³-hybridized carbons (Fsp3) is 0.778. The molecule has 5 nitrogen and oxygen atoms in total. The molecular formula is C9H17N3O2. The van der Waals surface area contributed by atoms with Crippen LogP contribution < -0.4 is 16.0 Å². The van der Waals surface area contributed by atoms with E-state index in [9.17, 15) is 9.59 Å². The van der Waals surface area contributed by atoms with Gasteiger partial charge < -0.3 is 16.0 Å². The normalized spacial score (nSPS) is 15.8. The van der Waals surface area contributed by atoms with Gasteiger partial charge in [-0.1, -0.05) is 0 Å². The maximum absolute atomic E-state index is 11.2. The topological polar surface area (TPSA) is 70.2 Å². The number of hydrogen-bond acceptors (Lipinski definition) is 3. The van der Waals surface area contributed by atoms with E-state index in [0.29, 0.717) is 18.9 Å². The zero-order valence-corrected chi connectivity index (χ0v) is 8.43. The van der Waals surface area contributed by atoms with E-state index in [4.69, 9.17) is 0 Å². The molecule has 5 heteroatoms. The van der Waals surface area contributed by atoms with Gasteiger partial charge in [0.25, 0.3) is 0 Å². The van der Waals surface area contributed by atoms with Crippen LogP contribution >= 0.6 is 0 Å². The monoisotopic (exact) mass is 199 g/mol. The molecule has 14 heavy (non-hydrogen) atoms. The number of hydrogen-bond donors (Lipinski definition) is 3. The molecule has 1 aliphatic rings. The molecule has 1 heterocycles. The van der Waals surface area contributed by atoms with Crippen molar-refractivity contribution in [2.75, 3.05) is 26.2 Å². The van der Waals surface area contributed by atoms with Gasteiger partial charge in [-0.05, 0) is 25.9 Å². The minimum Gasteiger partial charge on any atom is -0.355 e. The van der Waals surface area contributed by atoms with Crippen molar-refractivity contribution in [2.45, 2.75) is 13.3 Å². The van der Waals surface area contributed by atoms with Crippen molar-refractivity contribution in [2.24, 2.45) is 5.92 Å². The van der Waals surface area contributed by atoms with Crippen LogP contribution in [0.1, 0.15) is 13.3 Å². The summed E-state index contributed by atoms with van der Waals surface area (Å²) in [5.74, 6) is 0.277. The van der Waals surface area contributed by atoms with Gasteiger partial charge in [-0.15, -0.1) is 0 Å². The van der Waals surface area contributed by atoms with E-state index in [1.165, 1.54) is 0 Å². The van der Waals surface area contributed by atoms with Gasteiger partial charge in [0.2, 0.25) is 11.8 Å². The quantitative estimate of drug-likeness (QED) is 0.523. The molecule has 0 aromatic rings. The van der Waals surface area contributed by atoms with Gasteiger partial charge in [-0.25, -0.2) is 0 Å². The molecule has 3 N–H and O–H groups in total. The van der Waals surface area contributed by atoms with E-state index >= 15 is 0 Å². The third-order valence-corrected chi connectivity index (χ3v) is 2.16. The Kier molecular flexibility index (Phi) is 4.39. The SMILES string of the molecule is CCNC(=O)CNC(=O)CC1CNC1. The predicted molar refractivity (Wildman–Crippen MR) is 52.7 cm³/mol. The standard InChI is InChI=1S/C9H17N3O2/c1-2-11-9(14)6-12-8(13)3-7-4-10-5-7/h7,10H,2-6H2,1H3,(H,11,14)(H,12,13). The van der Waals surface area contributed by atoms with Crippen LogP contribution in [0.25, 0.3) is 0 Å². The van der Waals surface area contributed by atoms with E-state index in [1.54, 1.807) is 0 Å². The molecule has 1 rings (SSSR count). The highest BCUT2D eigenvalue weighted by Gasteiger charge is 2.19. The average Bonchev–Trinajstić information content (AvgIpc) is 2.09. The zero-order chi connectivity index (χ0) is 10.4. The minimum atomic E-state index is -0.132. The van der Waals surface area contributed by atoms with Gasteiger partial charge >= 0.3 is 0 Å². The molecular weight excluding hydrogens is 182 g/mol. The first-order chi connectivity index (χ1) is 6.72.